The number of thiophene rings is 1. The predicted molar refractivity (Wildman–Crippen MR) is 74.4 cm³/mol. The van der Waals surface area contributed by atoms with Gasteiger partial charge in [0.05, 0.1) is 7.11 Å². The topological polar surface area (TPSA) is 30.5 Å². The molecule has 0 amide bonds. The number of rotatable bonds is 6. The first kappa shape index (κ1) is 12.9. The minimum atomic E-state index is 0.572. The van der Waals surface area contributed by atoms with Crippen LogP contribution in [0.3, 0.4) is 0 Å². The predicted octanol–water partition coefficient (Wildman–Crippen LogP) is 3.06. The molecule has 1 N–H and O–H groups in total. The molecule has 1 aromatic heterocycles. The minimum Gasteiger partial charge on any atom is -0.493 e. The third kappa shape index (κ3) is 3.24. The minimum absolute atomic E-state index is 0.572. The molecule has 0 bridgehead atoms. The van der Waals surface area contributed by atoms with Gasteiger partial charge in [-0.1, -0.05) is 6.07 Å². The Morgan fingerprint density at radius 3 is 2.72 bits per heavy atom. The quantitative estimate of drug-likeness (QED) is 0.869. The van der Waals surface area contributed by atoms with E-state index in [1.165, 1.54) is 11.1 Å². The summed E-state index contributed by atoms with van der Waals surface area (Å²) in [4.78, 5) is 0. The first-order valence-corrected chi connectivity index (χ1v) is 6.73. The van der Waals surface area contributed by atoms with Gasteiger partial charge in [-0.05, 0) is 47.1 Å². The van der Waals surface area contributed by atoms with Crippen molar-refractivity contribution in [2.75, 3.05) is 14.2 Å². The van der Waals surface area contributed by atoms with Gasteiger partial charge >= 0.3 is 0 Å². The van der Waals surface area contributed by atoms with Crippen molar-refractivity contribution in [3.8, 4) is 11.5 Å². The lowest BCUT2D eigenvalue weighted by Gasteiger charge is -2.11. The van der Waals surface area contributed by atoms with Crippen LogP contribution in [0, 0.1) is 0 Å². The Labute approximate surface area is 111 Å². The zero-order valence-corrected chi connectivity index (χ0v) is 11.4. The molecule has 0 atom stereocenters. The molecular weight excluding hydrogens is 246 g/mol. The van der Waals surface area contributed by atoms with Crippen LogP contribution >= 0.6 is 11.3 Å². The van der Waals surface area contributed by atoms with Crippen LogP contribution in [0.15, 0.2) is 35.0 Å². The van der Waals surface area contributed by atoms with E-state index in [1.807, 2.05) is 30.6 Å². The van der Waals surface area contributed by atoms with Gasteiger partial charge in [-0.25, -0.2) is 0 Å². The molecule has 0 spiro atoms. The lowest BCUT2D eigenvalue weighted by atomic mass is 10.2. The van der Waals surface area contributed by atoms with Gasteiger partial charge in [0.1, 0.15) is 6.61 Å². The summed E-state index contributed by atoms with van der Waals surface area (Å²) in [5, 5.41) is 7.26. The highest BCUT2D eigenvalue weighted by molar-refractivity contribution is 7.07. The molecule has 0 unspecified atom stereocenters. The lowest BCUT2D eigenvalue weighted by molar-refractivity contribution is 0.284. The second-order valence-corrected chi connectivity index (χ2v) is 4.72. The van der Waals surface area contributed by atoms with Gasteiger partial charge < -0.3 is 14.8 Å². The van der Waals surface area contributed by atoms with E-state index in [0.717, 1.165) is 18.0 Å². The molecule has 4 heteroatoms. The van der Waals surface area contributed by atoms with Gasteiger partial charge in [0.2, 0.25) is 0 Å². The van der Waals surface area contributed by atoms with Crippen molar-refractivity contribution < 1.29 is 9.47 Å². The molecule has 1 heterocycles. The Balaban J connectivity index is 2.10. The molecule has 96 valence electrons. The van der Waals surface area contributed by atoms with Crippen LogP contribution in [0.2, 0.25) is 0 Å². The maximum Gasteiger partial charge on any atom is 0.161 e. The Kier molecular flexibility index (Phi) is 4.61. The summed E-state index contributed by atoms with van der Waals surface area (Å²) in [6, 6.07) is 8.05. The molecule has 3 nitrogen and oxygen atoms in total. The molecule has 0 aliphatic heterocycles. The first-order valence-electron chi connectivity index (χ1n) is 5.79. The number of benzene rings is 1. The zero-order chi connectivity index (χ0) is 12.8. The van der Waals surface area contributed by atoms with Crippen molar-refractivity contribution >= 4 is 11.3 Å². The summed E-state index contributed by atoms with van der Waals surface area (Å²) in [5.41, 5.74) is 2.36. The van der Waals surface area contributed by atoms with Gasteiger partial charge in [-0.2, -0.15) is 11.3 Å². The monoisotopic (exact) mass is 263 g/mol. The fourth-order valence-electron chi connectivity index (χ4n) is 1.68. The molecule has 0 aliphatic rings. The molecule has 18 heavy (non-hydrogen) atoms. The molecule has 0 radical (unpaired) electrons. The van der Waals surface area contributed by atoms with E-state index >= 15 is 0 Å². The van der Waals surface area contributed by atoms with Crippen LogP contribution in [0.4, 0.5) is 0 Å². The smallest absolute Gasteiger partial charge is 0.161 e. The summed E-state index contributed by atoms with van der Waals surface area (Å²) >= 11 is 1.67. The van der Waals surface area contributed by atoms with Crippen LogP contribution in [-0.2, 0) is 13.2 Å². The number of ether oxygens (including phenoxy) is 2. The molecule has 2 rings (SSSR count). The zero-order valence-electron chi connectivity index (χ0n) is 10.6. The summed E-state index contributed by atoms with van der Waals surface area (Å²) in [5.74, 6) is 1.56. The molecular formula is C14H17NO2S. The van der Waals surface area contributed by atoms with Crippen molar-refractivity contribution in [2.24, 2.45) is 0 Å². The van der Waals surface area contributed by atoms with Gasteiger partial charge in [-0.3, -0.25) is 0 Å². The van der Waals surface area contributed by atoms with Crippen LogP contribution < -0.4 is 14.8 Å². The maximum atomic E-state index is 5.81. The average molecular weight is 263 g/mol. The summed E-state index contributed by atoms with van der Waals surface area (Å²) in [6.45, 7) is 1.39. The van der Waals surface area contributed by atoms with E-state index in [9.17, 15) is 0 Å². The molecule has 0 saturated carbocycles. The maximum absolute atomic E-state index is 5.81. The fourth-order valence-corrected chi connectivity index (χ4v) is 2.34. The van der Waals surface area contributed by atoms with Gasteiger partial charge in [0.25, 0.3) is 0 Å². The first-order chi connectivity index (χ1) is 8.83. The number of nitrogens with one attached hydrogen (secondary N) is 1. The van der Waals surface area contributed by atoms with Crippen molar-refractivity contribution in [3.05, 3.63) is 46.2 Å². The average Bonchev–Trinajstić information content (AvgIpc) is 2.90. The molecule has 0 fully saturated rings. The Morgan fingerprint density at radius 2 is 2.06 bits per heavy atom. The normalized spacial score (nSPS) is 10.3. The van der Waals surface area contributed by atoms with E-state index in [0.29, 0.717) is 6.61 Å². The van der Waals surface area contributed by atoms with Crippen LogP contribution in [0.1, 0.15) is 11.1 Å². The van der Waals surface area contributed by atoms with Crippen molar-refractivity contribution in [3.63, 3.8) is 0 Å². The highest BCUT2D eigenvalue weighted by Crippen LogP contribution is 2.29. The highest BCUT2D eigenvalue weighted by atomic mass is 32.1. The second-order valence-electron chi connectivity index (χ2n) is 3.94. The lowest BCUT2D eigenvalue weighted by Crippen LogP contribution is -2.05. The van der Waals surface area contributed by atoms with Crippen molar-refractivity contribution in [1.82, 2.24) is 5.32 Å². The van der Waals surface area contributed by atoms with Crippen LogP contribution in [0.25, 0.3) is 0 Å². The third-order valence-electron chi connectivity index (χ3n) is 2.58. The Morgan fingerprint density at radius 1 is 1.17 bits per heavy atom. The van der Waals surface area contributed by atoms with E-state index in [2.05, 4.69) is 16.8 Å². The molecule has 1 aromatic carbocycles. The summed E-state index contributed by atoms with van der Waals surface area (Å²) < 4.78 is 11.1. The highest BCUT2D eigenvalue weighted by Gasteiger charge is 2.06. The van der Waals surface area contributed by atoms with Crippen molar-refractivity contribution in [2.45, 2.75) is 13.2 Å². The van der Waals surface area contributed by atoms with Gasteiger partial charge in [0.15, 0.2) is 11.5 Å². The molecule has 2 aromatic rings. The molecule has 0 saturated heterocycles. The summed E-state index contributed by atoms with van der Waals surface area (Å²) in [6.07, 6.45) is 0. The number of methoxy groups -OCH3 is 1. The number of hydrogen-bond acceptors (Lipinski definition) is 4. The standard InChI is InChI=1S/C14H17NO2S/c1-15-8-11-3-4-13(16-2)14(7-11)17-9-12-5-6-18-10-12/h3-7,10,15H,8-9H2,1-2H3. The van der Waals surface area contributed by atoms with E-state index < -0.39 is 0 Å². The van der Waals surface area contributed by atoms with Gasteiger partial charge in [-0.15, -0.1) is 0 Å². The fraction of sp³-hybridized carbons (Fsp3) is 0.286. The van der Waals surface area contributed by atoms with Crippen LogP contribution in [-0.4, -0.2) is 14.2 Å². The third-order valence-corrected chi connectivity index (χ3v) is 3.32. The van der Waals surface area contributed by atoms with Crippen LogP contribution in [0.5, 0.6) is 11.5 Å². The largest absolute Gasteiger partial charge is 0.493 e. The molecule has 0 aliphatic carbocycles. The SMILES string of the molecule is CNCc1ccc(OC)c(OCc2ccsc2)c1. The Hall–Kier alpha value is -1.52. The van der Waals surface area contributed by atoms with E-state index in [1.54, 1.807) is 18.4 Å². The Bertz CT molecular complexity index is 483. The van der Waals surface area contributed by atoms with Gasteiger partial charge in [0, 0.05) is 6.54 Å². The van der Waals surface area contributed by atoms with Crippen molar-refractivity contribution in [1.29, 1.82) is 0 Å². The second kappa shape index (κ2) is 6.42. The van der Waals surface area contributed by atoms with E-state index in [-0.39, 0.29) is 0 Å². The number of hydrogen-bond donors (Lipinski definition) is 1. The summed E-state index contributed by atoms with van der Waals surface area (Å²) in [7, 11) is 3.58. The van der Waals surface area contributed by atoms with E-state index in [4.69, 9.17) is 9.47 Å².